The zero-order valence-corrected chi connectivity index (χ0v) is 28.7. The van der Waals surface area contributed by atoms with Gasteiger partial charge in [-0.05, 0) is 37.1 Å². The summed E-state index contributed by atoms with van der Waals surface area (Å²) in [6.45, 7) is 0.505. The highest BCUT2D eigenvalue weighted by molar-refractivity contribution is 5.95. The number of fused-ring (bicyclic) bond motifs is 1. The summed E-state index contributed by atoms with van der Waals surface area (Å²) in [6.07, 6.45) is -1.93. The van der Waals surface area contributed by atoms with Crippen LogP contribution in [0, 0.1) is 6.92 Å². The number of aryl methyl sites for hydroxylation is 1. The standard InChI is InChI=1S/C34H43N7O11/c1-21-14-27(42)37-26-15-24(8-9-25(21)26)36-28(43)16-40(12-10-39(18-30(45)46)11-13-41(19-31(47)48)20-32(49)50)17-29(44)38-34(52)33(51)35-22(2)23-6-4-3-5-7-23/h3-9,14-15,22,34,52H,10-13,16-20H2,1-2H3,(H,35,51)(H,36,43)(H,37,42)(H,38,44)(H,45,46)(H,47,48)(H,49,50). The Labute approximate surface area is 298 Å². The maximum absolute atomic E-state index is 13.2. The highest BCUT2D eigenvalue weighted by Gasteiger charge is 2.23. The molecule has 2 aromatic carbocycles. The number of nitrogens with one attached hydrogen (secondary N) is 4. The second-order valence-electron chi connectivity index (χ2n) is 12.1. The van der Waals surface area contributed by atoms with E-state index in [9.17, 15) is 43.8 Å². The summed E-state index contributed by atoms with van der Waals surface area (Å²) in [5.74, 6) is -6.07. The molecule has 1 heterocycles. The van der Waals surface area contributed by atoms with Crippen LogP contribution < -0.4 is 21.5 Å². The quantitative estimate of drug-likeness (QED) is 0.0629. The van der Waals surface area contributed by atoms with E-state index in [1.807, 2.05) is 0 Å². The van der Waals surface area contributed by atoms with Crippen molar-refractivity contribution in [1.29, 1.82) is 0 Å². The Bertz CT molecular complexity index is 1790. The molecule has 0 aliphatic carbocycles. The lowest BCUT2D eigenvalue weighted by molar-refractivity contribution is -0.143. The predicted molar refractivity (Wildman–Crippen MR) is 187 cm³/mol. The first-order valence-electron chi connectivity index (χ1n) is 16.2. The maximum Gasteiger partial charge on any atom is 0.317 e. The van der Waals surface area contributed by atoms with Crippen molar-refractivity contribution in [3.8, 4) is 0 Å². The summed E-state index contributed by atoms with van der Waals surface area (Å²) in [5.41, 5.74) is 2.00. The van der Waals surface area contributed by atoms with E-state index in [2.05, 4.69) is 20.9 Å². The molecule has 0 saturated heterocycles. The van der Waals surface area contributed by atoms with Crippen molar-refractivity contribution < 1.29 is 49.2 Å². The smallest absolute Gasteiger partial charge is 0.317 e. The third kappa shape index (κ3) is 13.9. The first-order chi connectivity index (χ1) is 24.6. The van der Waals surface area contributed by atoms with Crippen molar-refractivity contribution in [2.45, 2.75) is 26.1 Å². The van der Waals surface area contributed by atoms with Gasteiger partial charge in [-0.1, -0.05) is 36.4 Å². The molecule has 0 spiro atoms. The molecule has 3 amide bonds. The van der Waals surface area contributed by atoms with Gasteiger partial charge >= 0.3 is 17.9 Å². The molecule has 0 aliphatic heterocycles. The van der Waals surface area contributed by atoms with E-state index in [-0.39, 0.29) is 31.7 Å². The van der Waals surface area contributed by atoms with Gasteiger partial charge in [0.25, 0.3) is 5.91 Å². The fraction of sp³-hybridized carbons (Fsp3) is 0.382. The van der Waals surface area contributed by atoms with Crippen molar-refractivity contribution in [3.05, 3.63) is 76.1 Å². The average molecular weight is 726 g/mol. The monoisotopic (exact) mass is 725 g/mol. The van der Waals surface area contributed by atoms with E-state index in [0.717, 1.165) is 21.4 Å². The molecule has 1 aromatic heterocycles. The van der Waals surface area contributed by atoms with E-state index in [1.54, 1.807) is 62.4 Å². The first-order valence-corrected chi connectivity index (χ1v) is 16.2. The molecule has 0 bridgehead atoms. The predicted octanol–water partition coefficient (Wildman–Crippen LogP) is -0.753. The first kappa shape index (κ1) is 40.7. The number of amides is 3. The Morgan fingerprint density at radius 1 is 0.712 bits per heavy atom. The van der Waals surface area contributed by atoms with Gasteiger partial charge in [-0.25, -0.2) is 0 Å². The minimum absolute atomic E-state index is 0.0606. The SMILES string of the molecule is Cc1cc(=O)[nH]c2cc(NC(=O)CN(CCN(CCN(CC(=O)O)CC(=O)O)CC(=O)O)CC(=O)NC(O)C(=O)NC(C)c3ccccc3)ccc12. The summed E-state index contributed by atoms with van der Waals surface area (Å²) in [5, 5.41) is 46.4. The van der Waals surface area contributed by atoms with Crippen LogP contribution in [0.25, 0.3) is 10.9 Å². The van der Waals surface area contributed by atoms with Gasteiger partial charge < -0.3 is 41.4 Å². The lowest BCUT2D eigenvalue weighted by Crippen LogP contribution is -2.51. The molecule has 0 aliphatic rings. The van der Waals surface area contributed by atoms with Gasteiger partial charge in [-0.3, -0.25) is 48.3 Å². The zero-order valence-electron chi connectivity index (χ0n) is 28.7. The Morgan fingerprint density at radius 2 is 1.25 bits per heavy atom. The third-order valence-electron chi connectivity index (χ3n) is 7.81. The number of rotatable bonds is 21. The summed E-state index contributed by atoms with van der Waals surface area (Å²) < 4.78 is 0. The fourth-order valence-electron chi connectivity index (χ4n) is 5.34. The molecular weight excluding hydrogens is 682 g/mol. The minimum atomic E-state index is -1.93. The molecule has 0 fully saturated rings. The van der Waals surface area contributed by atoms with Gasteiger partial charge in [-0.2, -0.15) is 0 Å². The van der Waals surface area contributed by atoms with Crippen LogP contribution in [-0.2, 0) is 28.8 Å². The Balaban J connectivity index is 1.73. The number of aliphatic carboxylic acids is 3. The highest BCUT2D eigenvalue weighted by atomic mass is 16.4. The molecule has 8 N–H and O–H groups in total. The van der Waals surface area contributed by atoms with Crippen LogP contribution in [0.2, 0.25) is 0 Å². The van der Waals surface area contributed by atoms with Crippen LogP contribution in [0.3, 0.4) is 0 Å². The number of benzene rings is 2. The molecule has 2 unspecified atom stereocenters. The lowest BCUT2D eigenvalue weighted by atomic mass is 10.1. The number of hydrogen-bond donors (Lipinski definition) is 8. The van der Waals surface area contributed by atoms with Gasteiger partial charge in [0, 0.05) is 43.3 Å². The molecule has 18 nitrogen and oxygen atoms in total. The number of hydrogen-bond acceptors (Lipinski definition) is 11. The number of carboxylic acids is 3. The summed E-state index contributed by atoms with van der Waals surface area (Å²) in [7, 11) is 0. The summed E-state index contributed by atoms with van der Waals surface area (Å²) >= 11 is 0. The van der Waals surface area contributed by atoms with Crippen LogP contribution in [-0.4, -0.2) is 141 Å². The van der Waals surface area contributed by atoms with Crippen molar-refractivity contribution in [2.24, 2.45) is 0 Å². The van der Waals surface area contributed by atoms with Crippen molar-refractivity contribution in [2.75, 3.05) is 64.2 Å². The largest absolute Gasteiger partial charge is 0.480 e. The van der Waals surface area contributed by atoms with Gasteiger partial charge in [0.05, 0.1) is 44.3 Å². The number of H-pyrrole nitrogens is 1. The number of carbonyl (C=O) groups is 6. The summed E-state index contributed by atoms with van der Waals surface area (Å²) in [6, 6.07) is 14.8. The van der Waals surface area contributed by atoms with Gasteiger partial charge in [0.15, 0.2) is 0 Å². The number of carbonyl (C=O) groups excluding carboxylic acids is 3. The van der Waals surface area contributed by atoms with Crippen LogP contribution in [0.15, 0.2) is 59.4 Å². The molecule has 2 atom stereocenters. The molecule has 0 radical (unpaired) electrons. The van der Waals surface area contributed by atoms with Crippen molar-refractivity contribution in [1.82, 2.24) is 30.3 Å². The molecule has 280 valence electrons. The molecule has 0 saturated carbocycles. The topological polar surface area (TPSA) is 262 Å². The van der Waals surface area contributed by atoms with Gasteiger partial charge in [0.1, 0.15) is 0 Å². The zero-order chi connectivity index (χ0) is 38.4. The second kappa shape index (κ2) is 19.6. The number of pyridine rings is 1. The average Bonchev–Trinajstić information content (AvgIpc) is 3.05. The number of aromatic amines is 1. The maximum atomic E-state index is 13.2. The van der Waals surface area contributed by atoms with E-state index in [4.69, 9.17) is 10.2 Å². The minimum Gasteiger partial charge on any atom is -0.480 e. The fourth-order valence-corrected chi connectivity index (χ4v) is 5.34. The highest BCUT2D eigenvalue weighted by Crippen LogP contribution is 2.19. The number of nitrogens with zero attached hydrogens (tertiary/aromatic N) is 3. The van der Waals surface area contributed by atoms with E-state index < -0.39 is 80.6 Å². The third-order valence-corrected chi connectivity index (χ3v) is 7.81. The Morgan fingerprint density at radius 3 is 1.85 bits per heavy atom. The van der Waals surface area contributed by atoms with Crippen molar-refractivity contribution in [3.63, 3.8) is 0 Å². The number of aliphatic hydroxyl groups excluding tert-OH is 1. The number of aromatic nitrogens is 1. The van der Waals surface area contributed by atoms with Crippen LogP contribution in [0.5, 0.6) is 0 Å². The van der Waals surface area contributed by atoms with Gasteiger partial charge in [-0.15, -0.1) is 0 Å². The van der Waals surface area contributed by atoms with E-state index in [1.165, 1.54) is 15.9 Å². The van der Waals surface area contributed by atoms with Gasteiger partial charge in [0.2, 0.25) is 23.6 Å². The molecule has 3 rings (SSSR count). The molecule has 18 heteroatoms. The van der Waals surface area contributed by atoms with Crippen LogP contribution in [0.1, 0.15) is 24.1 Å². The molecule has 3 aromatic rings. The number of aliphatic hydroxyl groups is 1. The van der Waals surface area contributed by atoms with E-state index >= 15 is 0 Å². The Kier molecular flexibility index (Phi) is 15.4. The summed E-state index contributed by atoms with van der Waals surface area (Å²) in [4.78, 5) is 91.4. The normalized spacial score (nSPS) is 12.4. The Hall–Kier alpha value is -5.69. The lowest BCUT2D eigenvalue weighted by Gasteiger charge is -2.28. The number of anilines is 1. The number of carboxylic acid groups (broad SMARTS) is 3. The van der Waals surface area contributed by atoms with Crippen molar-refractivity contribution >= 4 is 52.2 Å². The van der Waals surface area contributed by atoms with E-state index in [0.29, 0.717) is 11.2 Å². The van der Waals surface area contributed by atoms with Crippen LogP contribution in [0.4, 0.5) is 5.69 Å². The second-order valence-corrected chi connectivity index (χ2v) is 12.1. The van der Waals surface area contributed by atoms with Crippen LogP contribution >= 0.6 is 0 Å². The molecule has 52 heavy (non-hydrogen) atoms. The molecular formula is C34H43N7O11.